The van der Waals surface area contributed by atoms with E-state index in [1.54, 1.807) is 7.11 Å². The molecule has 138 valence electrons. The Morgan fingerprint density at radius 1 is 1.23 bits per heavy atom. The molecule has 1 saturated heterocycles. The van der Waals surface area contributed by atoms with E-state index in [-0.39, 0.29) is 11.7 Å². The highest BCUT2D eigenvalue weighted by molar-refractivity contribution is 5.98. The minimum Gasteiger partial charge on any atom is -0.496 e. The van der Waals surface area contributed by atoms with E-state index >= 15 is 0 Å². The molecule has 2 aromatic rings. The average Bonchev–Trinajstić information content (AvgIpc) is 2.61. The third-order valence-electron chi connectivity index (χ3n) is 5.16. The molecule has 0 N–H and O–H groups in total. The lowest BCUT2D eigenvalue weighted by molar-refractivity contribution is 0.0810. The van der Waals surface area contributed by atoms with Gasteiger partial charge >= 0.3 is 0 Å². The monoisotopic (exact) mass is 352 g/mol. The largest absolute Gasteiger partial charge is 0.496 e. The Kier molecular flexibility index (Phi) is 5.72. The highest BCUT2D eigenvalue weighted by Gasteiger charge is 2.27. The number of pyridine rings is 1. The van der Waals surface area contributed by atoms with Crippen molar-refractivity contribution in [2.75, 3.05) is 20.2 Å². The summed E-state index contributed by atoms with van der Waals surface area (Å²) in [5.74, 6) is 1.18. The van der Waals surface area contributed by atoms with Crippen molar-refractivity contribution in [3.8, 4) is 5.75 Å². The van der Waals surface area contributed by atoms with Crippen LogP contribution in [-0.2, 0) is 6.54 Å². The van der Waals surface area contributed by atoms with E-state index in [2.05, 4.69) is 16.0 Å². The number of ether oxygens (including phenoxy) is 1. The van der Waals surface area contributed by atoms with Crippen LogP contribution in [0, 0.1) is 26.7 Å². The third kappa shape index (κ3) is 4.13. The van der Waals surface area contributed by atoms with E-state index in [1.807, 2.05) is 45.0 Å². The molecule has 0 saturated carbocycles. The molecule has 1 aliphatic rings. The zero-order valence-electron chi connectivity index (χ0n) is 16.2. The number of ketones is 1. The Morgan fingerprint density at radius 3 is 2.62 bits per heavy atom. The van der Waals surface area contributed by atoms with Gasteiger partial charge in [-0.1, -0.05) is 6.07 Å². The number of aromatic nitrogens is 1. The molecular weight excluding hydrogens is 324 g/mol. The second kappa shape index (κ2) is 8.00. The standard InChI is InChI=1S/C22H28N2O2/c1-15-11-19(12-16(2)22(15)26-4)21(25)18-8-6-10-24(13-18)14-20-9-5-7-17(3)23-20/h5,7,9,11-12,18H,6,8,10,13-14H2,1-4H3/t18-/m1/s1. The predicted molar refractivity (Wildman–Crippen MR) is 104 cm³/mol. The number of rotatable bonds is 5. The van der Waals surface area contributed by atoms with Gasteiger partial charge in [0.05, 0.1) is 12.8 Å². The number of methoxy groups -OCH3 is 1. The van der Waals surface area contributed by atoms with Crippen molar-refractivity contribution in [2.45, 2.75) is 40.2 Å². The van der Waals surface area contributed by atoms with Gasteiger partial charge in [-0.3, -0.25) is 14.7 Å². The van der Waals surface area contributed by atoms with Crippen LogP contribution in [0.1, 0.15) is 45.7 Å². The fourth-order valence-electron chi connectivity index (χ4n) is 3.98. The fraction of sp³-hybridized carbons (Fsp3) is 0.455. The van der Waals surface area contributed by atoms with Gasteiger partial charge in [-0.05, 0) is 75.5 Å². The predicted octanol–water partition coefficient (Wildman–Crippen LogP) is 4.11. The van der Waals surface area contributed by atoms with Crippen LogP contribution >= 0.6 is 0 Å². The van der Waals surface area contributed by atoms with E-state index in [1.165, 1.54) is 0 Å². The van der Waals surface area contributed by atoms with E-state index < -0.39 is 0 Å². The molecule has 2 heterocycles. The van der Waals surface area contributed by atoms with Crippen molar-refractivity contribution >= 4 is 5.78 Å². The van der Waals surface area contributed by atoms with Crippen molar-refractivity contribution in [1.82, 2.24) is 9.88 Å². The van der Waals surface area contributed by atoms with E-state index in [0.29, 0.717) is 0 Å². The summed E-state index contributed by atoms with van der Waals surface area (Å²) in [6.45, 7) is 8.66. The quantitative estimate of drug-likeness (QED) is 0.760. The highest BCUT2D eigenvalue weighted by Crippen LogP contribution is 2.28. The Bertz CT molecular complexity index is 777. The maximum atomic E-state index is 13.1. The number of Topliss-reactive ketones (excluding diaryl/α,β-unsaturated/α-hetero) is 1. The normalized spacial score (nSPS) is 17.9. The lowest BCUT2D eigenvalue weighted by Gasteiger charge is -2.32. The first-order chi connectivity index (χ1) is 12.5. The molecule has 1 atom stereocenters. The first-order valence-electron chi connectivity index (χ1n) is 9.32. The molecule has 4 nitrogen and oxygen atoms in total. The van der Waals surface area contributed by atoms with E-state index in [0.717, 1.165) is 66.3 Å². The molecule has 1 fully saturated rings. The number of piperidine rings is 1. The van der Waals surface area contributed by atoms with Gasteiger partial charge in [0.1, 0.15) is 5.75 Å². The molecule has 4 heteroatoms. The summed E-state index contributed by atoms with van der Waals surface area (Å²) in [4.78, 5) is 20.0. The van der Waals surface area contributed by atoms with Crippen LogP contribution in [0.2, 0.25) is 0 Å². The summed E-state index contributed by atoms with van der Waals surface area (Å²) >= 11 is 0. The summed E-state index contributed by atoms with van der Waals surface area (Å²) in [7, 11) is 1.68. The number of benzene rings is 1. The topological polar surface area (TPSA) is 42.4 Å². The van der Waals surface area contributed by atoms with Gasteiger partial charge in [0, 0.05) is 30.3 Å². The molecule has 0 unspecified atom stereocenters. The maximum Gasteiger partial charge on any atom is 0.167 e. The molecule has 0 radical (unpaired) electrons. The summed E-state index contributed by atoms with van der Waals surface area (Å²) < 4.78 is 5.42. The van der Waals surface area contributed by atoms with Gasteiger partial charge < -0.3 is 4.74 Å². The van der Waals surface area contributed by atoms with Crippen molar-refractivity contribution in [3.63, 3.8) is 0 Å². The number of nitrogens with zero attached hydrogens (tertiary/aromatic N) is 2. The van der Waals surface area contributed by atoms with E-state index in [9.17, 15) is 4.79 Å². The van der Waals surface area contributed by atoms with Gasteiger partial charge in [0.2, 0.25) is 0 Å². The number of carbonyl (C=O) groups is 1. The molecule has 0 spiro atoms. The Hall–Kier alpha value is -2.20. The summed E-state index contributed by atoms with van der Waals surface area (Å²) in [6.07, 6.45) is 2.01. The minimum atomic E-state index is 0.0563. The molecule has 0 aliphatic carbocycles. The fourth-order valence-corrected chi connectivity index (χ4v) is 3.98. The summed E-state index contributed by atoms with van der Waals surface area (Å²) in [6, 6.07) is 10.1. The maximum absolute atomic E-state index is 13.1. The van der Waals surface area contributed by atoms with Gasteiger partial charge in [0.25, 0.3) is 0 Å². The first kappa shape index (κ1) is 18.6. The average molecular weight is 352 g/mol. The van der Waals surface area contributed by atoms with Crippen molar-refractivity contribution in [1.29, 1.82) is 0 Å². The van der Waals surface area contributed by atoms with Crippen LogP contribution in [0.15, 0.2) is 30.3 Å². The van der Waals surface area contributed by atoms with Crippen LogP contribution < -0.4 is 4.74 Å². The lowest BCUT2D eigenvalue weighted by Crippen LogP contribution is -2.38. The number of carbonyl (C=O) groups excluding carboxylic acids is 1. The smallest absolute Gasteiger partial charge is 0.167 e. The van der Waals surface area contributed by atoms with Gasteiger partial charge in [-0.2, -0.15) is 0 Å². The second-order valence-electron chi connectivity index (χ2n) is 7.35. The van der Waals surface area contributed by atoms with E-state index in [4.69, 9.17) is 4.74 Å². The molecule has 0 bridgehead atoms. The summed E-state index contributed by atoms with van der Waals surface area (Å²) in [5.41, 5.74) is 4.96. The van der Waals surface area contributed by atoms with Gasteiger partial charge in [-0.25, -0.2) is 0 Å². The SMILES string of the molecule is COc1c(C)cc(C(=O)[C@@H]2CCCN(Cc3cccc(C)n3)C2)cc1C. The number of aryl methyl sites for hydroxylation is 3. The van der Waals surface area contributed by atoms with Crippen LogP contribution in [0.4, 0.5) is 0 Å². The molecule has 1 aromatic carbocycles. The Labute approximate surface area is 156 Å². The molecule has 0 amide bonds. The first-order valence-corrected chi connectivity index (χ1v) is 9.32. The molecular formula is C22H28N2O2. The van der Waals surface area contributed by atoms with Crippen LogP contribution in [-0.4, -0.2) is 35.9 Å². The Morgan fingerprint density at radius 2 is 1.96 bits per heavy atom. The molecule has 1 aliphatic heterocycles. The van der Waals surface area contributed by atoms with Crippen molar-refractivity contribution in [2.24, 2.45) is 5.92 Å². The lowest BCUT2D eigenvalue weighted by atomic mass is 9.88. The van der Waals surface area contributed by atoms with Crippen LogP contribution in [0.3, 0.4) is 0 Å². The zero-order valence-corrected chi connectivity index (χ0v) is 16.2. The molecule has 1 aromatic heterocycles. The second-order valence-corrected chi connectivity index (χ2v) is 7.35. The van der Waals surface area contributed by atoms with Gasteiger partial charge in [0.15, 0.2) is 5.78 Å². The third-order valence-corrected chi connectivity index (χ3v) is 5.16. The van der Waals surface area contributed by atoms with Crippen molar-refractivity contribution in [3.05, 3.63) is 58.4 Å². The zero-order chi connectivity index (χ0) is 18.7. The van der Waals surface area contributed by atoms with Gasteiger partial charge in [-0.15, -0.1) is 0 Å². The summed E-state index contributed by atoms with van der Waals surface area (Å²) in [5, 5.41) is 0. The van der Waals surface area contributed by atoms with Crippen LogP contribution in [0.5, 0.6) is 5.75 Å². The van der Waals surface area contributed by atoms with Crippen LogP contribution in [0.25, 0.3) is 0 Å². The van der Waals surface area contributed by atoms with Crippen molar-refractivity contribution < 1.29 is 9.53 Å². The number of hydrogen-bond donors (Lipinski definition) is 0. The minimum absolute atomic E-state index is 0.0563. The number of likely N-dealkylation sites (tertiary alicyclic amines) is 1. The Balaban J connectivity index is 1.72. The molecule has 3 rings (SSSR count). The number of hydrogen-bond acceptors (Lipinski definition) is 4. The highest BCUT2D eigenvalue weighted by atomic mass is 16.5. The molecule has 26 heavy (non-hydrogen) atoms.